The van der Waals surface area contributed by atoms with Gasteiger partial charge in [0, 0.05) is 24.2 Å². The van der Waals surface area contributed by atoms with Gasteiger partial charge in [0.05, 0.1) is 12.1 Å². The Morgan fingerprint density at radius 1 is 1.36 bits per heavy atom. The van der Waals surface area contributed by atoms with Gasteiger partial charge in [-0.2, -0.15) is 0 Å². The Bertz CT molecular complexity index is 873. The van der Waals surface area contributed by atoms with Gasteiger partial charge in [0.1, 0.15) is 6.61 Å². The van der Waals surface area contributed by atoms with Gasteiger partial charge in [0.25, 0.3) is 0 Å². The highest BCUT2D eigenvalue weighted by Crippen LogP contribution is 2.37. The Balaban J connectivity index is 1.46. The highest BCUT2D eigenvalue weighted by molar-refractivity contribution is 7.99. The zero-order valence-corrected chi connectivity index (χ0v) is 18.1. The summed E-state index contributed by atoms with van der Waals surface area (Å²) in [7, 11) is 3.46. The van der Waals surface area contributed by atoms with Crippen molar-refractivity contribution in [3.63, 3.8) is 0 Å². The molecule has 28 heavy (non-hydrogen) atoms. The predicted octanol–water partition coefficient (Wildman–Crippen LogP) is 3.78. The molecule has 2 aromatic heterocycles. The lowest BCUT2D eigenvalue weighted by atomic mass is 10.2. The Kier molecular flexibility index (Phi) is 7.96. The first kappa shape index (κ1) is 20.9. The molecule has 0 atom stereocenters. The molecule has 1 aromatic carbocycles. The number of nitrogens with one attached hydrogen (secondary N) is 1. The molecule has 0 aliphatic heterocycles. The summed E-state index contributed by atoms with van der Waals surface area (Å²) in [5.74, 6) is 2.17. The molecule has 150 valence electrons. The molecule has 2 heterocycles. The van der Waals surface area contributed by atoms with Crippen LogP contribution >= 0.6 is 34.7 Å². The normalized spacial score (nSPS) is 11.0. The number of tetrazole rings is 1. The molecule has 0 bridgehead atoms. The Morgan fingerprint density at radius 3 is 2.96 bits per heavy atom. The van der Waals surface area contributed by atoms with Crippen LogP contribution in [-0.4, -0.2) is 39.6 Å². The molecule has 0 aliphatic carbocycles. The number of hydrogen-bond donors (Lipinski definition) is 1. The van der Waals surface area contributed by atoms with Gasteiger partial charge in [-0.15, -0.1) is 16.4 Å². The number of methoxy groups -OCH3 is 1. The third kappa shape index (κ3) is 5.84. The second-order valence-corrected chi connectivity index (χ2v) is 8.44. The molecular formula is C18H22ClN5O2S2. The smallest absolute Gasteiger partial charge is 0.209 e. The second kappa shape index (κ2) is 10.7. The van der Waals surface area contributed by atoms with E-state index < -0.39 is 0 Å². The molecule has 1 N–H and O–H groups in total. The van der Waals surface area contributed by atoms with E-state index in [1.165, 1.54) is 0 Å². The summed E-state index contributed by atoms with van der Waals surface area (Å²) in [6.45, 7) is 2.07. The van der Waals surface area contributed by atoms with E-state index in [9.17, 15) is 0 Å². The van der Waals surface area contributed by atoms with E-state index in [0.717, 1.165) is 34.3 Å². The van der Waals surface area contributed by atoms with Crippen molar-refractivity contribution in [1.82, 2.24) is 25.5 Å². The maximum absolute atomic E-state index is 6.43. The summed E-state index contributed by atoms with van der Waals surface area (Å²) in [5.41, 5.74) is 1.05. The second-order valence-electron chi connectivity index (χ2n) is 5.94. The molecule has 0 unspecified atom stereocenters. The summed E-state index contributed by atoms with van der Waals surface area (Å²) in [5, 5.41) is 18.2. The minimum Gasteiger partial charge on any atom is -0.493 e. The van der Waals surface area contributed by atoms with E-state index >= 15 is 0 Å². The number of benzene rings is 1. The average molecular weight is 440 g/mol. The fraction of sp³-hybridized carbons (Fsp3) is 0.389. The first-order valence-electron chi connectivity index (χ1n) is 8.75. The summed E-state index contributed by atoms with van der Waals surface area (Å²) in [6, 6.07) is 7.91. The van der Waals surface area contributed by atoms with Gasteiger partial charge in [0.15, 0.2) is 11.5 Å². The van der Waals surface area contributed by atoms with Crippen molar-refractivity contribution in [2.24, 2.45) is 7.05 Å². The average Bonchev–Trinajstić information content (AvgIpc) is 3.35. The maximum Gasteiger partial charge on any atom is 0.209 e. The predicted molar refractivity (Wildman–Crippen MR) is 113 cm³/mol. The Hall–Kier alpha value is -1.81. The number of aryl methyl sites for hydroxylation is 1. The van der Waals surface area contributed by atoms with Crippen LogP contribution in [0.5, 0.6) is 11.5 Å². The molecule has 0 fully saturated rings. The first-order valence-corrected chi connectivity index (χ1v) is 11.0. The van der Waals surface area contributed by atoms with Gasteiger partial charge in [-0.25, -0.2) is 4.68 Å². The zero-order valence-electron chi connectivity index (χ0n) is 15.7. The first-order chi connectivity index (χ1) is 13.7. The monoisotopic (exact) mass is 439 g/mol. The quantitative estimate of drug-likeness (QED) is 0.360. The van der Waals surface area contributed by atoms with Crippen molar-refractivity contribution in [1.29, 1.82) is 0 Å². The number of ether oxygens (including phenoxy) is 2. The van der Waals surface area contributed by atoms with E-state index in [1.54, 1.807) is 34.9 Å². The molecular weight excluding hydrogens is 418 g/mol. The SMILES string of the molecule is COc1cc(CNCCCSc2nnnn2C)cc(Cl)c1OCc1cccs1. The number of rotatable bonds is 11. The minimum absolute atomic E-state index is 0.476. The van der Waals surface area contributed by atoms with Crippen LogP contribution in [0.3, 0.4) is 0 Å². The molecule has 0 amide bonds. The third-order valence-electron chi connectivity index (χ3n) is 3.87. The van der Waals surface area contributed by atoms with E-state index in [2.05, 4.69) is 20.8 Å². The molecule has 0 aliphatic rings. The molecule has 0 saturated carbocycles. The molecule has 3 aromatic rings. The van der Waals surface area contributed by atoms with Crippen molar-refractivity contribution in [3.8, 4) is 11.5 Å². The van der Waals surface area contributed by atoms with Crippen LogP contribution in [-0.2, 0) is 20.2 Å². The van der Waals surface area contributed by atoms with Gasteiger partial charge in [-0.3, -0.25) is 0 Å². The van der Waals surface area contributed by atoms with Crippen LogP contribution in [0.1, 0.15) is 16.9 Å². The lowest BCUT2D eigenvalue weighted by Gasteiger charge is -2.14. The highest BCUT2D eigenvalue weighted by atomic mass is 35.5. The summed E-state index contributed by atoms with van der Waals surface area (Å²) >= 11 is 9.73. The van der Waals surface area contributed by atoms with Gasteiger partial charge in [-0.05, 0) is 52.5 Å². The van der Waals surface area contributed by atoms with Crippen LogP contribution in [0.4, 0.5) is 0 Å². The molecule has 3 rings (SSSR count). The van der Waals surface area contributed by atoms with E-state index in [4.69, 9.17) is 21.1 Å². The molecule has 0 spiro atoms. The van der Waals surface area contributed by atoms with Gasteiger partial charge in [-0.1, -0.05) is 29.4 Å². The van der Waals surface area contributed by atoms with Crippen LogP contribution in [0.2, 0.25) is 5.02 Å². The van der Waals surface area contributed by atoms with Crippen LogP contribution in [0.15, 0.2) is 34.8 Å². The molecule has 10 heteroatoms. The molecule has 0 radical (unpaired) electrons. The highest BCUT2D eigenvalue weighted by Gasteiger charge is 2.12. The lowest BCUT2D eigenvalue weighted by molar-refractivity contribution is 0.287. The van der Waals surface area contributed by atoms with E-state index in [0.29, 0.717) is 29.7 Å². The molecule has 7 nitrogen and oxygen atoms in total. The van der Waals surface area contributed by atoms with E-state index in [-0.39, 0.29) is 0 Å². The van der Waals surface area contributed by atoms with Crippen molar-refractivity contribution in [2.75, 3.05) is 19.4 Å². The van der Waals surface area contributed by atoms with Crippen molar-refractivity contribution in [2.45, 2.75) is 24.7 Å². The van der Waals surface area contributed by atoms with E-state index in [1.807, 2.05) is 36.7 Å². The Morgan fingerprint density at radius 2 is 2.25 bits per heavy atom. The molecule has 0 saturated heterocycles. The van der Waals surface area contributed by atoms with Crippen molar-refractivity contribution in [3.05, 3.63) is 45.1 Å². The van der Waals surface area contributed by atoms with Gasteiger partial charge >= 0.3 is 0 Å². The summed E-state index contributed by atoms with van der Waals surface area (Å²) in [4.78, 5) is 1.14. The van der Waals surface area contributed by atoms with Crippen LogP contribution in [0, 0.1) is 0 Å². The largest absolute Gasteiger partial charge is 0.493 e. The standard InChI is InChI=1S/C18H22ClN5O2S2/c1-24-18(21-22-23-24)28-8-4-6-20-11-13-9-15(19)17(16(10-13)25-2)26-12-14-5-3-7-27-14/h3,5,7,9-10,20H,4,6,8,11-12H2,1-2H3. The number of thiophene rings is 1. The number of thioether (sulfide) groups is 1. The summed E-state index contributed by atoms with van der Waals surface area (Å²) in [6.07, 6.45) is 1.00. The number of halogens is 1. The Labute approximate surface area is 177 Å². The maximum atomic E-state index is 6.43. The number of aromatic nitrogens is 4. The summed E-state index contributed by atoms with van der Waals surface area (Å²) < 4.78 is 13.0. The minimum atomic E-state index is 0.476. The van der Waals surface area contributed by atoms with Crippen LogP contribution in [0.25, 0.3) is 0 Å². The van der Waals surface area contributed by atoms with Crippen molar-refractivity contribution < 1.29 is 9.47 Å². The fourth-order valence-corrected chi connectivity index (χ4v) is 4.18. The number of nitrogens with zero attached hydrogens (tertiary/aromatic N) is 4. The fourth-order valence-electron chi connectivity index (χ4n) is 2.49. The van der Waals surface area contributed by atoms with Crippen molar-refractivity contribution >= 4 is 34.7 Å². The third-order valence-corrected chi connectivity index (χ3v) is 6.10. The zero-order chi connectivity index (χ0) is 19.8. The topological polar surface area (TPSA) is 74.1 Å². The lowest BCUT2D eigenvalue weighted by Crippen LogP contribution is -2.15. The number of hydrogen-bond acceptors (Lipinski definition) is 8. The van der Waals surface area contributed by atoms with Gasteiger partial charge < -0.3 is 14.8 Å². The van der Waals surface area contributed by atoms with Crippen LogP contribution < -0.4 is 14.8 Å². The van der Waals surface area contributed by atoms with Gasteiger partial charge in [0.2, 0.25) is 5.16 Å².